The normalized spacial score (nSPS) is 12.9. The molecule has 1 N–H and O–H groups in total. The third-order valence-corrected chi connectivity index (χ3v) is 4.33. The number of aryl methyl sites for hydroxylation is 3. The van der Waals surface area contributed by atoms with E-state index in [9.17, 15) is 0 Å². The zero-order valence-corrected chi connectivity index (χ0v) is 12.2. The molecule has 0 aliphatic heterocycles. The lowest BCUT2D eigenvalue weighted by atomic mass is 10.2. The lowest BCUT2D eigenvalue weighted by molar-refractivity contribution is 0.556. The minimum atomic E-state index is 0.280. The Bertz CT molecular complexity index is 502. The van der Waals surface area contributed by atoms with E-state index in [0.29, 0.717) is 0 Å². The van der Waals surface area contributed by atoms with Crippen LogP contribution in [-0.2, 0) is 6.54 Å². The van der Waals surface area contributed by atoms with Gasteiger partial charge in [-0.3, -0.25) is 0 Å². The van der Waals surface area contributed by atoms with Crippen molar-refractivity contribution in [1.29, 1.82) is 0 Å². The summed E-state index contributed by atoms with van der Waals surface area (Å²) in [7, 11) is 0. The Balaban J connectivity index is 1.97. The number of aromatic nitrogens is 2. The van der Waals surface area contributed by atoms with Gasteiger partial charge < -0.3 is 5.32 Å². The number of nitrogens with one attached hydrogen (secondary N) is 1. The van der Waals surface area contributed by atoms with Gasteiger partial charge in [0.05, 0.1) is 21.4 Å². The standard InChI is InChI=1S/C12H17N3S2/c1-7(12-8(2)17-10(4)15-12)13-5-11-6-16-9(3)14-11/h6-7,13H,5H2,1-4H3. The molecular weight excluding hydrogens is 250 g/mol. The van der Waals surface area contributed by atoms with Gasteiger partial charge in [-0.15, -0.1) is 22.7 Å². The van der Waals surface area contributed by atoms with Crippen LogP contribution < -0.4 is 5.32 Å². The maximum Gasteiger partial charge on any atom is 0.0900 e. The maximum absolute atomic E-state index is 4.57. The number of nitrogens with zero attached hydrogens (tertiary/aromatic N) is 2. The van der Waals surface area contributed by atoms with E-state index in [1.807, 2.05) is 6.92 Å². The Morgan fingerprint density at radius 3 is 2.53 bits per heavy atom. The maximum atomic E-state index is 4.57. The monoisotopic (exact) mass is 267 g/mol. The Hall–Kier alpha value is -0.780. The van der Waals surface area contributed by atoms with Crippen molar-refractivity contribution in [2.45, 2.75) is 40.3 Å². The lowest BCUT2D eigenvalue weighted by Crippen LogP contribution is -2.19. The van der Waals surface area contributed by atoms with Crippen LogP contribution >= 0.6 is 22.7 Å². The van der Waals surface area contributed by atoms with Crippen LogP contribution in [0.15, 0.2) is 5.38 Å². The van der Waals surface area contributed by atoms with Crippen LogP contribution in [0, 0.1) is 20.8 Å². The summed E-state index contributed by atoms with van der Waals surface area (Å²) in [6.07, 6.45) is 0. The largest absolute Gasteiger partial charge is 0.303 e. The summed E-state index contributed by atoms with van der Waals surface area (Å²) >= 11 is 3.45. The fourth-order valence-electron chi connectivity index (χ4n) is 1.79. The van der Waals surface area contributed by atoms with E-state index in [2.05, 4.69) is 41.4 Å². The van der Waals surface area contributed by atoms with Gasteiger partial charge in [0.1, 0.15) is 0 Å². The molecule has 0 amide bonds. The molecule has 0 fully saturated rings. The topological polar surface area (TPSA) is 37.8 Å². The molecule has 0 saturated carbocycles. The highest BCUT2D eigenvalue weighted by Gasteiger charge is 2.12. The highest BCUT2D eigenvalue weighted by atomic mass is 32.1. The Kier molecular flexibility index (Phi) is 3.91. The molecule has 0 bridgehead atoms. The molecule has 1 atom stereocenters. The van der Waals surface area contributed by atoms with Gasteiger partial charge in [-0.05, 0) is 27.7 Å². The van der Waals surface area contributed by atoms with Crippen LogP contribution in [0.5, 0.6) is 0 Å². The van der Waals surface area contributed by atoms with Crippen molar-refractivity contribution in [3.8, 4) is 0 Å². The number of hydrogen-bond acceptors (Lipinski definition) is 5. The molecule has 2 heterocycles. The van der Waals surface area contributed by atoms with Gasteiger partial charge in [0, 0.05) is 22.8 Å². The molecule has 0 aromatic carbocycles. The molecular formula is C12H17N3S2. The first kappa shape index (κ1) is 12.7. The first-order valence-corrected chi connectivity index (χ1v) is 7.34. The second kappa shape index (κ2) is 5.25. The van der Waals surface area contributed by atoms with Crippen LogP contribution in [0.25, 0.3) is 0 Å². The van der Waals surface area contributed by atoms with Crippen molar-refractivity contribution in [2.24, 2.45) is 0 Å². The number of thiazole rings is 2. The third-order valence-electron chi connectivity index (χ3n) is 2.61. The zero-order chi connectivity index (χ0) is 12.4. The summed E-state index contributed by atoms with van der Waals surface area (Å²) < 4.78 is 0. The molecule has 5 heteroatoms. The van der Waals surface area contributed by atoms with Gasteiger partial charge in [0.2, 0.25) is 0 Å². The lowest BCUT2D eigenvalue weighted by Gasteiger charge is -2.11. The van der Waals surface area contributed by atoms with Gasteiger partial charge in [-0.2, -0.15) is 0 Å². The molecule has 0 saturated heterocycles. The quantitative estimate of drug-likeness (QED) is 0.923. The minimum absolute atomic E-state index is 0.280. The predicted octanol–water partition coefficient (Wildman–Crippen LogP) is 3.38. The smallest absolute Gasteiger partial charge is 0.0900 e. The molecule has 0 aliphatic rings. The van der Waals surface area contributed by atoms with E-state index < -0.39 is 0 Å². The molecule has 2 aromatic heterocycles. The molecule has 2 aromatic rings. The first-order chi connectivity index (χ1) is 8.06. The average molecular weight is 267 g/mol. The van der Waals surface area contributed by atoms with Crippen LogP contribution in [0.3, 0.4) is 0 Å². The van der Waals surface area contributed by atoms with Crippen LogP contribution in [0.4, 0.5) is 0 Å². The second-order valence-electron chi connectivity index (χ2n) is 4.13. The summed E-state index contributed by atoms with van der Waals surface area (Å²) in [5.74, 6) is 0. The Morgan fingerprint density at radius 1 is 1.24 bits per heavy atom. The van der Waals surface area contributed by atoms with Gasteiger partial charge in [-0.1, -0.05) is 0 Å². The molecule has 0 radical (unpaired) electrons. The summed E-state index contributed by atoms with van der Waals surface area (Å²) in [6.45, 7) is 9.18. The minimum Gasteiger partial charge on any atom is -0.303 e. The fraction of sp³-hybridized carbons (Fsp3) is 0.500. The highest BCUT2D eigenvalue weighted by Crippen LogP contribution is 2.22. The van der Waals surface area contributed by atoms with Crippen LogP contribution in [0.2, 0.25) is 0 Å². The fourth-order valence-corrected chi connectivity index (χ4v) is 3.32. The summed E-state index contributed by atoms with van der Waals surface area (Å²) in [5, 5.41) is 7.83. The van der Waals surface area contributed by atoms with Crippen molar-refractivity contribution in [3.05, 3.63) is 31.7 Å². The van der Waals surface area contributed by atoms with Crippen molar-refractivity contribution < 1.29 is 0 Å². The van der Waals surface area contributed by atoms with Crippen molar-refractivity contribution in [2.75, 3.05) is 0 Å². The molecule has 92 valence electrons. The molecule has 0 aliphatic carbocycles. The predicted molar refractivity (Wildman–Crippen MR) is 73.7 cm³/mol. The first-order valence-electron chi connectivity index (χ1n) is 5.64. The number of hydrogen-bond donors (Lipinski definition) is 1. The molecule has 2 rings (SSSR count). The van der Waals surface area contributed by atoms with Gasteiger partial charge >= 0.3 is 0 Å². The Labute approximate surface area is 110 Å². The van der Waals surface area contributed by atoms with Gasteiger partial charge in [0.15, 0.2) is 0 Å². The van der Waals surface area contributed by atoms with E-state index in [1.54, 1.807) is 22.7 Å². The van der Waals surface area contributed by atoms with E-state index in [-0.39, 0.29) is 6.04 Å². The summed E-state index contributed by atoms with van der Waals surface area (Å²) in [4.78, 5) is 10.3. The van der Waals surface area contributed by atoms with Crippen LogP contribution in [-0.4, -0.2) is 9.97 Å². The molecule has 1 unspecified atom stereocenters. The Morgan fingerprint density at radius 2 is 2.00 bits per heavy atom. The van der Waals surface area contributed by atoms with Gasteiger partial charge in [0.25, 0.3) is 0 Å². The van der Waals surface area contributed by atoms with Crippen molar-refractivity contribution in [1.82, 2.24) is 15.3 Å². The van der Waals surface area contributed by atoms with Crippen molar-refractivity contribution >= 4 is 22.7 Å². The number of rotatable bonds is 4. The second-order valence-corrected chi connectivity index (χ2v) is 6.60. The highest BCUT2D eigenvalue weighted by molar-refractivity contribution is 7.11. The van der Waals surface area contributed by atoms with Crippen LogP contribution in [0.1, 0.15) is 39.2 Å². The molecule has 3 nitrogen and oxygen atoms in total. The zero-order valence-electron chi connectivity index (χ0n) is 10.6. The van der Waals surface area contributed by atoms with E-state index in [1.165, 1.54) is 10.6 Å². The summed E-state index contributed by atoms with van der Waals surface area (Å²) in [5.41, 5.74) is 2.28. The average Bonchev–Trinajstić information content (AvgIpc) is 2.81. The van der Waals surface area contributed by atoms with E-state index in [4.69, 9.17) is 0 Å². The van der Waals surface area contributed by atoms with E-state index >= 15 is 0 Å². The SMILES string of the molecule is Cc1nc(CNC(C)c2nc(C)sc2C)cs1. The molecule has 0 spiro atoms. The molecule has 17 heavy (non-hydrogen) atoms. The summed E-state index contributed by atoms with van der Waals surface area (Å²) in [6, 6.07) is 0.280. The van der Waals surface area contributed by atoms with Gasteiger partial charge in [-0.25, -0.2) is 9.97 Å². The third kappa shape index (κ3) is 3.12. The van der Waals surface area contributed by atoms with Crippen molar-refractivity contribution in [3.63, 3.8) is 0 Å². The van der Waals surface area contributed by atoms with E-state index in [0.717, 1.165) is 22.3 Å².